The Labute approximate surface area is 137 Å². The Kier molecular flexibility index (Phi) is 4.12. The number of amides is 1. The van der Waals surface area contributed by atoms with Gasteiger partial charge in [0.05, 0.1) is 34.4 Å². The zero-order valence-electron chi connectivity index (χ0n) is 12.3. The maximum atomic E-state index is 13.4. The molecule has 0 bridgehead atoms. The van der Waals surface area contributed by atoms with Gasteiger partial charge in [0, 0.05) is 0 Å². The van der Waals surface area contributed by atoms with Gasteiger partial charge in [-0.15, -0.1) is 0 Å². The molecule has 0 saturated carbocycles. The van der Waals surface area contributed by atoms with Gasteiger partial charge in [-0.05, 0) is 36.8 Å². The zero-order chi connectivity index (χ0) is 16.4. The van der Waals surface area contributed by atoms with E-state index in [2.05, 4.69) is 10.4 Å². The van der Waals surface area contributed by atoms with Crippen LogP contribution in [-0.2, 0) is 0 Å². The molecule has 0 fully saturated rings. The van der Waals surface area contributed by atoms with E-state index < -0.39 is 11.7 Å². The minimum atomic E-state index is -0.441. The van der Waals surface area contributed by atoms with E-state index in [-0.39, 0.29) is 10.6 Å². The molecule has 1 aromatic heterocycles. The number of nitrogens with one attached hydrogen (secondary N) is 1. The fourth-order valence-corrected chi connectivity index (χ4v) is 2.38. The number of hydrogen-bond acceptors (Lipinski definition) is 2. The third kappa shape index (κ3) is 3.24. The second-order valence-corrected chi connectivity index (χ2v) is 5.45. The molecule has 0 unspecified atom stereocenters. The summed E-state index contributed by atoms with van der Waals surface area (Å²) >= 11 is 5.94. The van der Waals surface area contributed by atoms with Crippen LogP contribution in [0.2, 0.25) is 5.02 Å². The van der Waals surface area contributed by atoms with Crippen LogP contribution in [0.1, 0.15) is 15.9 Å². The third-order valence-electron chi connectivity index (χ3n) is 3.35. The van der Waals surface area contributed by atoms with Gasteiger partial charge < -0.3 is 5.32 Å². The second-order valence-electron chi connectivity index (χ2n) is 5.04. The maximum Gasteiger partial charge on any atom is 0.257 e. The summed E-state index contributed by atoms with van der Waals surface area (Å²) < 4.78 is 15.1. The van der Waals surface area contributed by atoms with Crippen molar-refractivity contribution in [2.24, 2.45) is 0 Å². The Bertz CT molecular complexity index is 862. The maximum absolute atomic E-state index is 13.4. The Balaban J connectivity index is 1.82. The van der Waals surface area contributed by atoms with Crippen LogP contribution in [0.3, 0.4) is 0 Å². The Morgan fingerprint density at radius 2 is 2.00 bits per heavy atom. The van der Waals surface area contributed by atoms with Crippen molar-refractivity contribution in [2.75, 3.05) is 5.32 Å². The number of aryl methyl sites for hydroxylation is 1. The number of hydrogen-bond donors (Lipinski definition) is 1. The summed E-state index contributed by atoms with van der Waals surface area (Å²) in [6.45, 7) is 1.58. The van der Waals surface area contributed by atoms with Crippen LogP contribution in [0.5, 0.6) is 0 Å². The van der Waals surface area contributed by atoms with Gasteiger partial charge in [-0.1, -0.05) is 29.8 Å². The number of rotatable bonds is 3. The second kappa shape index (κ2) is 6.22. The van der Waals surface area contributed by atoms with Crippen LogP contribution in [0.4, 0.5) is 10.1 Å². The highest BCUT2D eigenvalue weighted by atomic mass is 35.5. The molecular formula is C17H13ClFN3O. The van der Waals surface area contributed by atoms with Crippen molar-refractivity contribution in [1.29, 1.82) is 0 Å². The van der Waals surface area contributed by atoms with Crippen LogP contribution in [0.15, 0.2) is 54.9 Å². The molecule has 4 nitrogen and oxygen atoms in total. The lowest BCUT2D eigenvalue weighted by atomic mass is 10.1. The minimum Gasteiger partial charge on any atom is -0.319 e. The van der Waals surface area contributed by atoms with Crippen molar-refractivity contribution >= 4 is 23.2 Å². The molecule has 116 valence electrons. The highest BCUT2D eigenvalue weighted by Gasteiger charge is 2.14. The predicted octanol–water partition coefficient (Wildman–Crippen LogP) is 4.23. The summed E-state index contributed by atoms with van der Waals surface area (Å²) in [5, 5.41) is 6.97. The van der Waals surface area contributed by atoms with E-state index in [1.165, 1.54) is 12.3 Å². The highest BCUT2D eigenvalue weighted by molar-refractivity contribution is 6.34. The summed E-state index contributed by atoms with van der Waals surface area (Å²) in [5.74, 6) is -0.853. The van der Waals surface area contributed by atoms with E-state index in [1.54, 1.807) is 17.8 Å². The van der Waals surface area contributed by atoms with Crippen molar-refractivity contribution < 1.29 is 9.18 Å². The highest BCUT2D eigenvalue weighted by Crippen LogP contribution is 2.22. The Hall–Kier alpha value is -2.66. The van der Waals surface area contributed by atoms with Gasteiger partial charge in [0.2, 0.25) is 0 Å². The first-order chi connectivity index (χ1) is 11.0. The molecule has 0 aliphatic carbocycles. The quantitative estimate of drug-likeness (QED) is 0.781. The molecular weight excluding hydrogens is 317 g/mol. The summed E-state index contributed by atoms with van der Waals surface area (Å²) in [4.78, 5) is 12.3. The number of halogens is 2. The number of carbonyl (C=O) groups excluding carboxylic acids is 1. The monoisotopic (exact) mass is 329 g/mol. The zero-order valence-corrected chi connectivity index (χ0v) is 13.0. The van der Waals surface area contributed by atoms with Gasteiger partial charge in [0.25, 0.3) is 5.91 Å². The summed E-state index contributed by atoms with van der Waals surface area (Å²) in [7, 11) is 0. The Morgan fingerprint density at radius 1 is 1.26 bits per heavy atom. The van der Waals surface area contributed by atoms with Crippen LogP contribution >= 0.6 is 11.6 Å². The van der Waals surface area contributed by atoms with Gasteiger partial charge in [0.15, 0.2) is 0 Å². The van der Waals surface area contributed by atoms with E-state index in [1.807, 2.05) is 30.3 Å². The molecule has 0 atom stereocenters. The van der Waals surface area contributed by atoms with Crippen molar-refractivity contribution in [3.8, 4) is 5.69 Å². The lowest BCUT2D eigenvalue weighted by molar-refractivity contribution is 0.102. The molecule has 23 heavy (non-hydrogen) atoms. The van der Waals surface area contributed by atoms with Gasteiger partial charge in [-0.3, -0.25) is 4.79 Å². The molecule has 1 heterocycles. The van der Waals surface area contributed by atoms with E-state index in [0.717, 1.165) is 11.8 Å². The first kappa shape index (κ1) is 15.2. The third-order valence-corrected chi connectivity index (χ3v) is 3.67. The molecule has 3 aromatic rings. The molecule has 6 heteroatoms. The fraction of sp³-hybridized carbons (Fsp3) is 0.0588. The number of carbonyl (C=O) groups is 1. The van der Waals surface area contributed by atoms with Crippen LogP contribution in [0, 0.1) is 12.7 Å². The van der Waals surface area contributed by atoms with Gasteiger partial charge >= 0.3 is 0 Å². The average molecular weight is 330 g/mol. The van der Waals surface area contributed by atoms with Crippen LogP contribution in [0.25, 0.3) is 5.69 Å². The van der Waals surface area contributed by atoms with E-state index >= 15 is 0 Å². The molecule has 0 radical (unpaired) electrons. The standard InChI is InChI=1S/C17H13ClFN3O/c1-11-7-14(15(18)8-16(11)19)17(23)21-12-9-20-22(10-12)13-5-3-2-4-6-13/h2-10H,1H3,(H,21,23). The van der Waals surface area contributed by atoms with Crippen LogP contribution in [-0.4, -0.2) is 15.7 Å². The van der Waals surface area contributed by atoms with Gasteiger partial charge in [-0.2, -0.15) is 5.10 Å². The first-order valence-corrected chi connectivity index (χ1v) is 7.29. The molecule has 1 N–H and O–H groups in total. The van der Waals surface area contributed by atoms with Crippen molar-refractivity contribution in [3.05, 3.63) is 76.8 Å². The summed E-state index contributed by atoms with van der Waals surface area (Å²) in [6, 6.07) is 12.1. The van der Waals surface area contributed by atoms with E-state index in [4.69, 9.17) is 11.6 Å². The van der Waals surface area contributed by atoms with E-state index in [0.29, 0.717) is 11.3 Å². The number of anilines is 1. The minimum absolute atomic E-state index is 0.0704. The average Bonchev–Trinajstić information content (AvgIpc) is 3.00. The number of nitrogens with zero attached hydrogens (tertiary/aromatic N) is 2. The largest absolute Gasteiger partial charge is 0.319 e. The van der Waals surface area contributed by atoms with Crippen molar-refractivity contribution in [2.45, 2.75) is 6.92 Å². The molecule has 0 spiro atoms. The molecule has 0 aliphatic rings. The first-order valence-electron chi connectivity index (χ1n) is 6.91. The number of aromatic nitrogens is 2. The van der Waals surface area contributed by atoms with Crippen LogP contribution < -0.4 is 5.32 Å². The smallest absolute Gasteiger partial charge is 0.257 e. The fourth-order valence-electron chi connectivity index (χ4n) is 2.14. The molecule has 1 amide bonds. The molecule has 3 rings (SSSR count). The number of benzene rings is 2. The summed E-state index contributed by atoms with van der Waals surface area (Å²) in [5.41, 5.74) is 1.98. The Morgan fingerprint density at radius 3 is 2.74 bits per heavy atom. The SMILES string of the molecule is Cc1cc(C(=O)Nc2cnn(-c3ccccc3)c2)c(Cl)cc1F. The lowest BCUT2D eigenvalue weighted by Crippen LogP contribution is -2.12. The van der Waals surface area contributed by atoms with Crippen molar-refractivity contribution in [1.82, 2.24) is 9.78 Å². The van der Waals surface area contributed by atoms with Gasteiger partial charge in [-0.25, -0.2) is 9.07 Å². The normalized spacial score (nSPS) is 10.6. The molecule has 0 saturated heterocycles. The predicted molar refractivity (Wildman–Crippen MR) is 87.7 cm³/mol. The number of para-hydroxylation sites is 1. The van der Waals surface area contributed by atoms with E-state index in [9.17, 15) is 9.18 Å². The van der Waals surface area contributed by atoms with Gasteiger partial charge in [0.1, 0.15) is 5.82 Å². The topological polar surface area (TPSA) is 46.9 Å². The summed E-state index contributed by atoms with van der Waals surface area (Å²) in [6.07, 6.45) is 3.23. The molecule has 0 aliphatic heterocycles. The molecule has 2 aromatic carbocycles. The van der Waals surface area contributed by atoms with Crippen molar-refractivity contribution in [3.63, 3.8) is 0 Å². The lowest BCUT2D eigenvalue weighted by Gasteiger charge is -2.06.